The van der Waals surface area contributed by atoms with E-state index in [9.17, 15) is 19.8 Å². The zero-order chi connectivity index (χ0) is 59.9. The second-order valence-corrected chi connectivity index (χ2v) is 26.3. The minimum Gasteiger partial charge on any atom is -0.466 e. The number of hydrogen-bond acceptors (Lipinski definition) is 5. The molecule has 6 nitrogen and oxygen atoms in total. The number of carbonyl (C=O) groups is 2. The molecule has 0 bridgehead atoms. The highest BCUT2D eigenvalue weighted by atomic mass is 16.5. The van der Waals surface area contributed by atoms with E-state index < -0.39 is 12.1 Å². The molecule has 0 aromatic rings. The molecule has 0 aliphatic heterocycles. The van der Waals surface area contributed by atoms with Crippen molar-refractivity contribution in [3.8, 4) is 0 Å². The Kier molecular flexibility index (Phi) is 71.4. The van der Waals surface area contributed by atoms with Gasteiger partial charge in [-0.3, -0.25) is 9.59 Å². The highest BCUT2D eigenvalue weighted by Crippen LogP contribution is 2.19. The van der Waals surface area contributed by atoms with Gasteiger partial charge in [-0.05, 0) is 57.8 Å². The Balaban J connectivity index is 3.28. The number of allylic oxidation sites excluding steroid dienone is 3. The normalized spacial score (nSPS) is 12.6. The molecule has 1 amide bonds. The molecule has 83 heavy (non-hydrogen) atoms. The van der Waals surface area contributed by atoms with Gasteiger partial charge in [-0.25, -0.2) is 0 Å². The van der Waals surface area contributed by atoms with Crippen LogP contribution in [0.1, 0.15) is 431 Å². The quantitative estimate of drug-likeness (QED) is 0.0320. The molecule has 0 saturated heterocycles. The van der Waals surface area contributed by atoms with Gasteiger partial charge in [-0.15, -0.1) is 0 Å². The third kappa shape index (κ3) is 69.3. The molecule has 0 rings (SSSR count). The first-order chi connectivity index (χ1) is 41.0. The summed E-state index contributed by atoms with van der Waals surface area (Å²) in [5.41, 5.74) is 0. The van der Waals surface area contributed by atoms with Crippen LogP contribution in [-0.2, 0) is 14.3 Å². The number of amides is 1. The average Bonchev–Trinajstić information content (AvgIpc) is 3.50. The van der Waals surface area contributed by atoms with Gasteiger partial charge in [0.15, 0.2) is 0 Å². The number of unbranched alkanes of at least 4 members (excludes halogenated alkanes) is 59. The van der Waals surface area contributed by atoms with Crippen molar-refractivity contribution in [1.29, 1.82) is 0 Å². The molecule has 0 aromatic carbocycles. The number of carbonyl (C=O) groups excluding carboxylic acids is 2. The number of aliphatic hydroxyl groups excluding tert-OH is 2. The van der Waals surface area contributed by atoms with Crippen molar-refractivity contribution in [2.45, 2.75) is 443 Å². The van der Waals surface area contributed by atoms with Gasteiger partial charge >= 0.3 is 5.97 Å². The maximum absolute atomic E-state index is 12.4. The first-order valence-corrected chi connectivity index (χ1v) is 38.1. The Labute approximate surface area is 520 Å². The summed E-state index contributed by atoms with van der Waals surface area (Å²) in [6.45, 7) is 4.92. The van der Waals surface area contributed by atoms with Crippen LogP contribution in [0.25, 0.3) is 0 Å². The van der Waals surface area contributed by atoms with Gasteiger partial charge in [0.25, 0.3) is 0 Å². The zero-order valence-corrected chi connectivity index (χ0v) is 56.5. The first kappa shape index (κ1) is 81.3. The van der Waals surface area contributed by atoms with Crippen molar-refractivity contribution >= 4 is 11.9 Å². The first-order valence-electron chi connectivity index (χ1n) is 38.1. The van der Waals surface area contributed by atoms with E-state index in [2.05, 4.69) is 31.3 Å². The molecule has 3 N–H and O–H groups in total. The second-order valence-electron chi connectivity index (χ2n) is 26.3. The number of nitrogens with one attached hydrogen (secondary N) is 1. The summed E-state index contributed by atoms with van der Waals surface area (Å²) in [5, 5.41) is 23.0. The highest BCUT2D eigenvalue weighted by molar-refractivity contribution is 5.76. The predicted molar refractivity (Wildman–Crippen MR) is 366 cm³/mol. The van der Waals surface area contributed by atoms with Crippen LogP contribution in [0, 0.1) is 0 Å². The van der Waals surface area contributed by atoms with Gasteiger partial charge < -0.3 is 20.3 Å². The minimum atomic E-state index is -0.839. The SMILES string of the molecule is CCCCCCCCC/C=C/C(O)C(CO)NC(=O)CCCCCCCCCCCCCCCCCCC/C=C\CCCCCCCCCCCCCCCCCCCCOC(=O)CCCCCCCCCCCCCCCCCCCC. The number of ether oxygens (including phenoxy) is 1. The van der Waals surface area contributed by atoms with Gasteiger partial charge in [0, 0.05) is 12.8 Å². The lowest BCUT2D eigenvalue weighted by molar-refractivity contribution is -0.143. The Hall–Kier alpha value is -1.66. The molecule has 0 fully saturated rings. The smallest absolute Gasteiger partial charge is 0.305 e. The molecule has 0 spiro atoms. The van der Waals surface area contributed by atoms with Gasteiger partial charge in [0.1, 0.15) is 0 Å². The molecule has 0 radical (unpaired) electrons. The van der Waals surface area contributed by atoms with E-state index in [4.69, 9.17) is 4.74 Å². The van der Waals surface area contributed by atoms with Crippen molar-refractivity contribution in [2.24, 2.45) is 0 Å². The van der Waals surface area contributed by atoms with E-state index in [0.717, 1.165) is 38.5 Å². The summed E-state index contributed by atoms with van der Waals surface area (Å²) in [6.07, 6.45) is 93.2. The third-order valence-corrected chi connectivity index (χ3v) is 18.0. The Bertz CT molecular complexity index is 1300. The summed E-state index contributed by atoms with van der Waals surface area (Å²) < 4.78 is 5.52. The van der Waals surface area contributed by atoms with Crippen molar-refractivity contribution in [3.05, 3.63) is 24.3 Å². The number of esters is 1. The molecule has 6 heteroatoms. The van der Waals surface area contributed by atoms with Crippen LogP contribution in [0.3, 0.4) is 0 Å². The molecule has 2 atom stereocenters. The fraction of sp³-hybridized carbons (Fsp3) is 0.922. The van der Waals surface area contributed by atoms with E-state index in [0.29, 0.717) is 19.4 Å². The summed E-state index contributed by atoms with van der Waals surface area (Å²) >= 11 is 0. The van der Waals surface area contributed by atoms with Crippen LogP contribution in [-0.4, -0.2) is 47.4 Å². The molecular weight excluding hydrogens is 1020 g/mol. The van der Waals surface area contributed by atoms with E-state index >= 15 is 0 Å². The maximum atomic E-state index is 12.4. The lowest BCUT2D eigenvalue weighted by Gasteiger charge is -2.20. The van der Waals surface area contributed by atoms with E-state index in [-0.39, 0.29) is 18.5 Å². The molecule has 0 aliphatic carbocycles. The predicted octanol–water partition coefficient (Wildman–Crippen LogP) is 24.9. The molecule has 0 aromatic heterocycles. The molecule has 0 aliphatic rings. The molecule has 0 saturated carbocycles. The van der Waals surface area contributed by atoms with Crippen molar-refractivity contribution in [3.63, 3.8) is 0 Å². The van der Waals surface area contributed by atoms with Crippen molar-refractivity contribution < 1.29 is 24.5 Å². The highest BCUT2D eigenvalue weighted by Gasteiger charge is 2.18. The molecule has 0 heterocycles. The van der Waals surface area contributed by atoms with Crippen LogP contribution < -0.4 is 5.32 Å². The Morgan fingerprint density at radius 3 is 0.855 bits per heavy atom. The number of aliphatic hydroxyl groups is 2. The molecular formula is C77H149NO5. The van der Waals surface area contributed by atoms with Crippen LogP contribution in [0.4, 0.5) is 0 Å². The third-order valence-electron chi connectivity index (χ3n) is 18.0. The monoisotopic (exact) mass is 1170 g/mol. The van der Waals surface area contributed by atoms with E-state index in [1.54, 1.807) is 6.08 Å². The maximum Gasteiger partial charge on any atom is 0.305 e. The summed E-state index contributed by atoms with van der Waals surface area (Å²) in [7, 11) is 0. The van der Waals surface area contributed by atoms with Crippen molar-refractivity contribution in [1.82, 2.24) is 5.32 Å². The van der Waals surface area contributed by atoms with Crippen molar-refractivity contribution in [2.75, 3.05) is 13.2 Å². The summed E-state index contributed by atoms with van der Waals surface area (Å²) in [6, 6.07) is -0.622. The lowest BCUT2D eigenvalue weighted by atomic mass is 10.0. The minimum absolute atomic E-state index is 0.0274. The van der Waals surface area contributed by atoms with Gasteiger partial charge in [-0.1, -0.05) is 385 Å². The standard InChI is InChI=1S/C77H149NO5/c1-3-5-7-9-11-13-14-15-16-17-42-45-48-51-55-59-63-67-71-77(82)83-72-68-64-60-56-52-49-46-43-40-38-36-34-32-30-28-26-24-22-20-18-19-21-23-25-27-29-31-33-35-37-39-41-44-47-50-54-58-62-66-70-76(81)78-74(73-79)75(80)69-65-61-57-53-12-10-8-6-4-2/h18-19,65,69,74-75,79-80H,3-17,20-64,66-68,70-73H2,1-2H3,(H,78,81)/b19-18-,69-65+. The van der Waals surface area contributed by atoms with Crippen LogP contribution in [0.2, 0.25) is 0 Å². The Morgan fingerprint density at radius 2 is 0.566 bits per heavy atom. The fourth-order valence-electron chi connectivity index (χ4n) is 12.2. The van der Waals surface area contributed by atoms with Gasteiger partial charge in [0.05, 0.1) is 25.4 Å². The van der Waals surface area contributed by atoms with Gasteiger partial charge in [0.2, 0.25) is 5.91 Å². The van der Waals surface area contributed by atoms with Crippen LogP contribution in [0.5, 0.6) is 0 Å². The van der Waals surface area contributed by atoms with Crippen LogP contribution in [0.15, 0.2) is 24.3 Å². The summed E-state index contributed by atoms with van der Waals surface area (Å²) in [5.74, 6) is -0.0371. The summed E-state index contributed by atoms with van der Waals surface area (Å²) in [4.78, 5) is 24.5. The number of rotatable bonds is 72. The topological polar surface area (TPSA) is 95.9 Å². The van der Waals surface area contributed by atoms with Gasteiger partial charge in [-0.2, -0.15) is 0 Å². The fourth-order valence-corrected chi connectivity index (χ4v) is 12.2. The Morgan fingerprint density at radius 1 is 0.325 bits per heavy atom. The van der Waals surface area contributed by atoms with Crippen LogP contribution >= 0.6 is 0 Å². The molecule has 492 valence electrons. The van der Waals surface area contributed by atoms with E-state index in [1.165, 1.54) is 366 Å². The largest absolute Gasteiger partial charge is 0.466 e. The molecule has 2 unspecified atom stereocenters. The van der Waals surface area contributed by atoms with E-state index in [1.807, 2.05) is 6.08 Å². The second kappa shape index (κ2) is 72.8. The zero-order valence-electron chi connectivity index (χ0n) is 56.5. The average molecular weight is 1170 g/mol. The lowest BCUT2D eigenvalue weighted by Crippen LogP contribution is -2.45. The number of hydrogen-bond donors (Lipinski definition) is 3.